The van der Waals surface area contributed by atoms with Crippen molar-refractivity contribution in [2.45, 2.75) is 32.2 Å². The van der Waals surface area contributed by atoms with Crippen LogP contribution in [-0.2, 0) is 20.8 Å². The molecular weight excluding hydrogens is 306 g/mol. The molecule has 24 heavy (non-hydrogen) atoms. The first-order chi connectivity index (χ1) is 11.5. The van der Waals surface area contributed by atoms with Gasteiger partial charge < -0.3 is 15.5 Å². The quantitative estimate of drug-likeness (QED) is 0.744. The van der Waals surface area contributed by atoms with E-state index in [0.29, 0.717) is 18.7 Å². The summed E-state index contributed by atoms with van der Waals surface area (Å²) in [4.78, 5) is 37.4. The van der Waals surface area contributed by atoms with Crippen molar-refractivity contribution in [3.8, 4) is 0 Å². The molecular formula is C18H23N3O3. The van der Waals surface area contributed by atoms with Crippen LogP contribution in [-0.4, -0.2) is 41.8 Å². The summed E-state index contributed by atoms with van der Waals surface area (Å²) in [6.45, 7) is 6.73. The molecule has 2 rings (SSSR count). The number of rotatable bonds is 7. The van der Waals surface area contributed by atoms with Gasteiger partial charge in [0.1, 0.15) is 0 Å². The first kappa shape index (κ1) is 17.7. The van der Waals surface area contributed by atoms with Crippen molar-refractivity contribution in [2.75, 3.05) is 18.4 Å². The normalized spacial score (nSPS) is 16.8. The van der Waals surface area contributed by atoms with Crippen LogP contribution in [0.3, 0.4) is 0 Å². The molecule has 1 aliphatic heterocycles. The van der Waals surface area contributed by atoms with Crippen molar-refractivity contribution in [2.24, 2.45) is 0 Å². The van der Waals surface area contributed by atoms with Gasteiger partial charge in [-0.25, -0.2) is 0 Å². The van der Waals surface area contributed by atoms with E-state index in [1.165, 1.54) is 6.08 Å². The Labute approximate surface area is 141 Å². The largest absolute Gasteiger partial charge is 0.351 e. The molecule has 1 unspecified atom stereocenters. The van der Waals surface area contributed by atoms with Crippen LogP contribution in [0.1, 0.15) is 25.3 Å². The second kappa shape index (κ2) is 8.29. The molecule has 0 radical (unpaired) electrons. The maximum Gasteiger partial charge on any atom is 0.247 e. The molecule has 6 nitrogen and oxygen atoms in total. The van der Waals surface area contributed by atoms with Gasteiger partial charge in [0.05, 0.1) is 12.5 Å². The van der Waals surface area contributed by atoms with Crippen LogP contribution >= 0.6 is 0 Å². The van der Waals surface area contributed by atoms with Gasteiger partial charge in [0.15, 0.2) is 0 Å². The fourth-order valence-corrected chi connectivity index (χ4v) is 2.79. The molecule has 0 spiro atoms. The minimum Gasteiger partial charge on any atom is -0.351 e. The lowest BCUT2D eigenvalue weighted by atomic mass is 10.1. The third kappa shape index (κ3) is 4.68. The van der Waals surface area contributed by atoms with Crippen LogP contribution in [0.4, 0.5) is 5.69 Å². The number of amides is 3. The maximum absolute atomic E-state index is 12.3. The Morgan fingerprint density at radius 1 is 1.38 bits per heavy atom. The third-order valence-electron chi connectivity index (χ3n) is 3.88. The van der Waals surface area contributed by atoms with Crippen LogP contribution in [0, 0.1) is 0 Å². The van der Waals surface area contributed by atoms with Gasteiger partial charge in [-0.2, -0.15) is 0 Å². The lowest BCUT2D eigenvalue weighted by molar-refractivity contribution is -0.127. The van der Waals surface area contributed by atoms with Crippen LogP contribution < -0.4 is 10.6 Å². The van der Waals surface area contributed by atoms with Gasteiger partial charge in [0.2, 0.25) is 17.7 Å². The summed E-state index contributed by atoms with van der Waals surface area (Å²) in [6.07, 6.45) is 2.58. The number of nitrogens with zero attached hydrogens (tertiary/aromatic N) is 1. The predicted molar refractivity (Wildman–Crippen MR) is 92.4 cm³/mol. The standard InChI is InChI=1S/C18H23N3O3/c1-3-9-21-12-14(11-18(21)24)19-17(23)10-13-7-5-6-8-15(13)20-16(22)4-2/h4-8,14H,2-3,9-12H2,1H3,(H,19,23)(H,20,22). The van der Waals surface area contributed by atoms with Crippen molar-refractivity contribution in [3.63, 3.8) is 0 Å². The molecule has 1 aliphatic rings. The summed E-state index contributed by atoms with van der Waals surface area (Å²) in [5.74, 6) is -0.397. The fourth-order valence-electron chi connectivity index (χ4n) is 2.79. The van der Waals surface area contributed by atoms with Crippen LogP contribution in [0.25, 0.3) is 0 Å². The monoisotopic (exact) mass is 329 g/mol. The molecule has 2 N–H and O–H groups in total. The van der Waals surface area contributed by atoms with Crippen LogP contribution in [0.5, 0.6) is 0 Å². The molecule has 0 bridgehead atoms. The first-order valence-corrected chi connectivity index (χ1v) is 8.12. The molecule has 3 amide bonds. The lowest BCUT2D eigenvalue weighted by Crippen LogP contribution is -2.38. The number of carbonyl (C=O) groups excluding carboxylic acids is 3. The Hall–Kier alpha value is -2.63. The third-order valence-corrected chi connectivity index (χ3v) is 3.88. The zero-order valence-electron chi connectivity index (χ0n) is 13.9. The number of likely N-dealkylation sites (tertiary alicyclic amines) is 1. The lowest BCUT2D eigenvalue weighted by Gasteiger charge is -2.16. The minimum atomic E-state index is -0.320. The molecule has 1 aromatic carbocycles. The Balaban J connectivity index is 1.95. The van der Waals surface area contributed by atoms with Crippen molar-refractivity contribution in [3.05, 3.63) is 42.5 Å². The van der Waals surface area contributed by atoms with Crippen molar-refractivity contribution in [1.82, 2.24) is 10.2 Å². The second-order valence-corrected chi connectivity index (χ2v) is 5.84. The maximum atomic E-state index is 12.3. The summed E-state index contributed by atoms with van der Waals surface area (Å²) in [5, 5.41) is 5.60. The van der Waals surface area contributed by atoms with Crippen LogP contribution in [0.2, 0.25) is 0 Å². The zero-order chi connectivity index (χ0) is 17.5. The summed E-state index contributed by atoms with van der Waals surface area (Å²) < 4.78 is 0. The van der Waals surface area contributed by atoms with E-state index < -0.39 is 0 Å². The van der Waals surface area contributed by atoms with Gasteiger partial charge in [0, 0.05) is 25.2 Å². The highest BCUT2D eigenvalue weighted by molar-refractivity contribution is 5.99. The number of anilines is 1. The van der Waals surface area contributed by atoms with Crippen molar-refractivity contribution >= 4 is 23.4 Å². The van der Waals surface area contributed by atoms with E-state index in [-0.39, 0.29) is 30.2 Å². The topological polar surface area (TPSA) is 78.5 Å². The summed E-state index contributed by atoms with van der Waals surface area (Å²) in [5.41, 5.74) is 1.31. The SMILES string of the molecule is C=CC(=O)Nc1ccccc1CC(=O)NC1CC(=O)N(CCC)C1. The summed E-state index contributed by atoms with van der Waals surface area (Å²) in [6, 6.07) is 6.99. The Morgan fingerprint density at radius 3 is 2.83 bits per heavy atom. The van der Waals surface area contributed by atoms with E-state index in [9.17, 15) is 14.4 Å². The highest BCUT2D eigenvalue weighted by Gasteiger charge is 2.29. The Bertz CT molecular complexity index is 642. The van der Waals surface area contributed by atoms with E-state index in [1.807, 2.05) is 13.0 Å². The molecule has 1 saturated heterocycles. The zero-order valence-corrected chi connectivity index (χ0v) is 13.9. The molecule has 128 valence electrons. The van der Waals surface area contributed by atoms with E-state index in [2.05, 4.69) is 17.2 Å². The molecule has 1 heterocycles. The number of para-hydroxylation sites is 1. The van der Waals surface area contributed by atoms with Gasteiger partial charge in [-0.3, -0.25) is 14.4 Å². The van der Waals surface area contributed by atoms with Crippen molar-refractivity contribution in [1.29, 1.82) is 0 Å². The fraction of sp³-hybridized carbons (Fsp3) is 0.389. The van der Waals surface area contributed by atoms with Crippen LogP contribution in [0.15, 0.2) is 36.9 Å². The molecule has 1 aromatic rings. The summed E-state index contributed by atoms with van der Waals surface area (Å²) in [7, 11) is 0. The Morgan fingerprint density at radius 2 is 2.12 bits per heavy atom. The van der Waals surface area contributed by atoms with Gasteiger partial charge >= 0.3 is 0 Å². The van der Waals surface area contributed by atoms with Gasteiger partial charge in [-0.1, -0.05) is 31.7 Å². The first-order valence-electron chi connectivity index (χ1n) is 8.12. The highest BCUT2D eigenvalue weighted by Crippen LogP contribution is 2.17. The van der Waals surface area contributed by atoms with Gasteiger partial charge in [-0.05, 0) is 24.1 Å². The summed E-state index contributed by atoms with van der Waals surface area (Å²) >= 11 is 0. The highest BCUT2D eigenvalue weighted by atomic mass is 16.2. The molecule has 0 saturated carbocycles. The van der Waals surface area contributed by atoms with E-state index in [4.69, 9.17) is 0 Å². The molecule has 1 fully saturated rings. The van der Waals surface area contributed by atoms with Gasteiger partial charge in [-0.15, -0.1) is 0 Å². The van der Waals surface area contributed by atoms with E-state index >= 15 is 0 Å². The van der Waals surface area contributed by atoms with Gasteiger partial charge in [0.25, 0.3) is 0 Å². The average Bonchev–Trinajstić information content (AvgIpc) is 2.89. The number of nitrogens with one attached hydrogen (secondary N) is 2. The Kier molecular flexibility index (Phi) is 6.12. The molecule has 0 aromatic heterocycles. The average molecular weight is 329 g/mol. The molecule has 1 atom stereocenters. The number of hydrogen-bond donors (Lipinski definition) is 2. The number of carbonyl (C=O) groups is 3. The van der Waals surface area contributed by atoms with E-state index in [1.54, 1.807) is 23.1 Å². The van der Waals surface area contributed by atoms with Crippen molar-refractivity contribution < 1.29 is 14.4 Å². The number of hydrogen-bond acceptors (Lipinski definition) is 3. The molecule has 6 heteroatoms. The second-order valence-electron chi connectivity index (χ2n) is 5.84. The number of benzene rings is 1. The molecule has 0 aliphatic carbocycles. The van der Waals surface area contributed by atoms with E-state index in [0.717, 1.165) is 18.5 Å². The predicted octanol–water partition coefficient (Wildman–Crippen LogP) is 1.48. The smallest absolute Gasteiger partial charge is 0.247 e. The minimum absolute atomic E-state index is 0.0841.